The van der Waals surface area contributed by atoms with Crippen LogP contribution >= 0.6 is 0 Å². The molecule has 0 saturated carbocycles. The molecule has 0 aromatic rings. The van der Waals surface area contributed by atoms with E-state index in [2.05, 4.69) is 30.7 Å². The van der Waals surface area contributed by atoms with E-state index in [-0.39, 0.29) is 0 Å². The molecule has 3 nitrogen and oxygen atoms in total. The third-order valence-electron chi connectivity index (χ3n) is 2.98. The highest BCUT2D eigenvalue weighted by molar-refractivity contribution is 5.82. The van der Waals surface area contributed by atoms with Crippen LogP contribution in [0.4, 0.5) is 0 Å². The molecule has 0 amide bonds. The molecule has 82 valence electrons. The summed E-state index contributed by atoms with van der Waals surface area (Å²) >= 11 is 0. The van der Waals surface area contributed by atoms with Crippen molar-refractivity contribution in [1.82, 2.24) is 4.90 Å². The van der Waals surface area contributed by atoms with Crippen LogP contribution < -0.4 is 5.73 Å². The molecule has 0 aliphatic carbocycles. The SMILES string of the molecule is CCN1CCCC1CN=C(N)C(C)C. The predicted molar refractivity (Wildman–Crippen MR) is 61.6 cm³/mol. The topological polar surface area (TPSA) is 41.6 Å². The Labute approximate surface area is 87.4 Å². The Balaban J connectivity index is 2.40. The van der Waals surface area contributed by atoms with Crippen molar-refractivity contribution in [3.63, 3.8) is 0 Å². The summed E-state index contributed by atoms with van der Waals surface area (Å²) < 4.78 is 0. The molecule has 0 aromatic heterocycles. The van der Waals surface area contributed by atoms with Crippen LogP contribution in [0.3, 0.4) is 0 Å². The number of rotatable bonds is 4. The molecule has 0 spiro atoms. The summed E-state index contributed by atoms with van der Waals surface area (Å²) in [5, 5.41) is 0. The number of nitrogens with two attached hydrogens (primary N) is 1. The van der Waals surface area contributed by atoms with Crippen LogP contribution in [-0.4, -0.2) is 36.4 Å². The molecule has 3 heteroatoms. The highest BCUT2D eigenvalue weighted by atomic mass is 15.2. The van der Waals surface area contributed by atoms with Crippen LogP contribution in [0.5, 0.6) is 0 Å². The van der Waals surface area contributed by atoms with Gasteiger partial charge in [-0.25, -0.2) is 0 Å². The maximum atomic E-state index is 5.81. The number of aliphatic imine (C=N–C) groups is 1. The summed E-state index contributed by atoms with van der Waals surface area (Å²) in [6, 6.07) is 0.636. The molecule has 1 fully saturated rings. The smallest absolute Gasteiger partial charge is 0.0963 e. The van der Waals surface area contributed by atoms with Crippen molar-refractivity contribution in [2.24, 2.45) is 16.6 Å². The van der Waals surface area contributed by atoms with Gasteiger partial charge in [0.15, 0.2) is 0 Å². The van der Waals surface area contributed by atoms with Crippen molar-refractivity contribution in [2.75, 3.05) is 19.6 Å². The first-order chi connectivity index (χ1) is 6.65. The van der Waals surface area contributed by atoms with E-state index in [4.69, 9.17) is 5.73 Å². The van der Waals surface area contributed by atoms with Gasteiger partial charge in [-0.1, -0.05) is 20.8 Å². The normalized spacial score (nSPS) is 24.9. The summed E-state index contributed by atoms with van der Waals surface area (Å²) in [4.78, 5) is 6.95. The molecular weight excluding hydrogens is 174 g/mol. The quantitative estimate of drug-likeness (QED) is 0.548. The fourth-order valence-corrected chi connectivity index (χ4v) is 1.91. The molecule has 0 aromatic carbocycles. The molecule has 1 unspecified atom stereocenters. The van der Waals surface area contributed by atoms with Gasteiger partial charge in [0.1, 0.15) is 0 Å². The highest BCUT2D eigenvalue weighted by Gasteiger charge is 2.22. The third kappa shape index (κ3) is 2.98. The van der Waals surface area contributed by atoms with E-state index in [0.29, 0.717) is 12.0 Å². The molecule has 14 heavy (non-hydrogen) atoms. The van der Waals surface area contributed by atoms with E-state index < -0.39 is 0 Å². The average Bonchev–Trinajstić information content (AvgIpc) is 2.60. The fraction of sp³-hybridized carbons (Fsp3) is 0.909. The lowest BCUT2D eigenvalue weighted by Gasteiger charge is -2.21. The van der Waals surface area contributed by atoms with E-state index in [9.17, 15) is 0 Å². The summed E-state index contributed by atoms with van der Waals surface area (Å²) in [5.41, 5.74) is 5.81. The van der Waals surface area contributed by atoms with Gasteiger partial charge in [-0.3, -0.25) is 9.89 Å². The summed E-state index contributed by atoms with van der Waals surface area (Å²) in [6.45, 7) is 9.65. The van der Waals surface area contributed by atoms with Gasteiger partial charge in [0.25, 0.3) is 0 Å². The number of hydrogen-bond acceptors (Lipinski definition) is 2. The Kier molecular flexibility index (Phi) is 4.39. The Morgan fingerprint density at radius 2 is 2.29 bits per heavy atom. The van der Waals surface area contributed by atoms with Gasteiger partial charge in [-0.2, -0.15) is 0 Å². The maximum Gasteiger partial charge on any atom is 0.0963 e. The van der Waals surface area contributed by atoms with Crippen molar-refractivity contribution >= 4 is 5.84 Å². The molecule has 1 rings (SSSR count). The molecule has 1 aliphatic heterocycles. The fourth-order valence-electron chi connectivity index (χ4n) is 1.91. The van der Waals surface area contributed by atoms with Crippen LogP contribution in [0.2, 0.25) is 0 Å². The number of hydrogen-bond donors (Lipinski definition) is 1. The first kappa shape index (κ1) is 11.5. The van der Waals surface area contributed by atoms with Gasteiger partial charge in [-0.15, -0.1) is 0 Å². The molecule has 1 aliphatic rings. The van der Waals surface area contributed by atoms with Gasteiger partial charge < -0.3 is 5.73 Å². The summed E-state index contributed by atoms with van der Waals surface area (Å²) in [6.07, 6.45) is 2.60. The molecule has 0 radical (unpaired) electrons. The van der Waals surface area contributed by atoms with Crippen molar-refractivity contribution < 1.29 is 0 Å². The second-order valence-electron chi connectivity index (χ2n) is 4.34. The van der Waals surface area contributed by atoms with E-state index in [1.54, 1.807) is 0 Å². The minimum atomic E-state index is 0.381. The number of likely N-dealkylation sites (N-methyl/N-ethyl adjacent to an activating group) is 1. The molecule has 1 heterocycles. The second-order valence-corrected chi connectivity index (χ2v) is 4.34. The van der Waals surface area contributed by atoms with E-state index >= 15 is 0 Å². The second kappa shape index (κ2) is 5.35. The van der Waals surface area contributed by atoms with Gasteiger partial charge in [0.05, 0.1) is 12.4 Å². The lowest BCUT2D eigenvalue weighted by Crippen LogP contribution is -2.32. The van der Waals surface area contributed by atoms with Crippen molar-refractivity contribution in [3.05, 3.63) is 0 Å². The van der Waals surface area contributed by atoms with E-state index in [1.165, 1.54) is 19.4 Å². The Morgan fingerprint density at radius 1 is 1.57 bits per heavy atom. The number of amidine groups is 1. The van der Waals surface area contributed by atoms with Crippen LogP contribution in [-0.2, 0) is 0 Å². The van der Waals surface area contributed by atoms with Crippen LogP contribution in [0.15, 0.2) is 4.99 Å². The minimum absolute atomic E-state index is 0.381. The predicted octanol–water partition coefficient (Wildman–Crippen LogP) is 1.48. The summed E-state index contributed by atoms with van der Waals surface area (Å²) in [5.74, 6) is 1.18. The monoisotopic (exact) mass is 197 g/mol. The molecular formula is C11H23N3. The van der Waals surface area contributed by atoms with Gasteiger partial charge >= 0.3 is 0 Å². The highest BCUT2D eigenvalue weighted by Crippen LogP contribution is 2.16. The zero-order valence-electron chi connectivity index (χ0n) is 9.66. The Bertz CT molecular complexity index is 199. The largest absolute Gasteiger partial charge is 0.387 e. The zero-order valence-corrected chi connectivity index (χ0v) is 9.66. The van der Waals surface area contributed by atoms with Crippen molar-refractivity contribution in [3.8, 4) is 0 Å². The zero-order chi connectivity index (χ0) is 10.6. The first-order valence-electron chi connectivity index (χ1n) is 5.69. The lowest BCUT2D eigenvalue weighted by atomic mass is 10.2. The Morgan fingerprint density at radius 3 is 2.86 bits per heavy atom. The van der Waals surface area contributed by atoms with Crippen LogP contribution in [0, 0.1) is 5.92 Å². The minimum Gasteiger partial charge on any atom is -0.387 e. The third-order valence-corrected chi connectivity index (χ3v) is 2.98. The first-order valence-corrected chi connectivity index (χ1v) is 5.69. The van der Waals surface area contributed by atoms with E-state index in [1.807, 2.05) is 0 Å². The van der Waals surface area contributed by atoms with Crippen molar-refractivity contribution in [2.45, 2.75) is 39.7 Å². The average molecular weight is 197 g/mol. The van der Waals surface area contributed by atoms with Crippen molar-refractivity contribution in [1.29, 1.82) is 0 Å². The van der Waals surface area contributed by atoms with E-state index in [0.717, 1.165) is 18.9 Å². The van der Waals surface area contributed by atoms with Gasteiger partial charge in [0, 0.05) is 12.0 Å². The van der Waals surface area contributed by atoms with Gasteiger partial charge in [-0.05, 0) is 25.9 Å². The number of nitrogens with zero attached hydrogens (tertiary/aromatic N) is 2. The lowest BCUT2D eigenvalue weighted by molar-refractivity contribution is 0.273. The number of likely N-dealkylation sites (tertiary alicyclic amines) is 1. The maximum absolute atomic E-state index is 5.81. The molecule has 2 N–H and O–H groups in total. The molecule has 0 bridgehead atoms. The summed E-state index contributed by atoms with van der Waals surface area (Å²) in [7, 11) is 0. The molecule has 1 atom stereocenters. The Hall–Kier alpha value is -0.570. The molecule has 1 saturated heterocycles. The van der Waals surface area contributed by atoms with Crippen LogP contribution in [0.1, 0.15) is 33.6 Å². The standard InChI is InChI=1S/C11H23N3/c1-4-14-7-5-6-10(14)8-13-11(12)9(2)3/h9-10H,4-8H2,1-3H3,(H2,12,13). The van der Waals surface area contributed by atoms with Crippen LogP contribution in [0.25, 0.3) is 0 Å². The van der Waals surface area contributed by atoms with Gasteiger partial charge in [0.2, 0.25) is 0 Å².